The molecule has 0 saturated carbocycles. The van der Waals surface area contributed by atoms with Crippen molar-refractivity contribution >= 4 is 5.97 Å². The minimum atomic E-state index is -0.934. The lowest BCUT2D eigenvalue weighted by Crippen LogP contribution is -2.11. The summed E-state index contributed by atoms with van der Waals surface area (Å²) < 4.78 is 15.6. The number of carbonyl (C=O) groups is 1. The molecule has 0 radical (unpaired) electrons. The van der Waals surface area contributed by atoms with E-state index in [9.17, 15) is 14.3 Å². The van der Waals surface area contributed by atoms with Crippen LogP contribution in [0.25, 0.3) is 0 Å². The highest BCUT2D eigenvalue weighted by Crippen LogP contribution is 2.24. The molecule has 0 aliphatic carbocycles. The van der Waals surface area contributed by atoms with Gasteiger partial charge in [0.1, 0.15) is 11.6 Å². The molecule has 0 spiro atoms. The molecular formula is C25H30FN3O2. The van der Waals surface area contributed by atoms with E-state index < -0.39 is 5.97 Å². The summed E-state index contributed by atoms with van der Waals surface area (Å²) in [5.41, 5.74) is 4.01. The number of pyridine rings is 1. The quantitative estimate of drug-likeness (QED) is 0.464. The summed E-state index contributed by atoms with van der Waals surface area (Å²) in [5, 5.41) is 9.26. The number of aryl methyl sites for hydroxylation is 3. The van der Waals surface area contributed by atoms with E-state index in [1.165, 1.54) is 17.8 Å². The molecule has 0 aliphatic heterocycles. The van der Waals surface area contributed by atoms with Crippen LogP contribution in [0.15, 0.2) is 42.6 Å². The summed E-state index contributed by atoms with van der Waals surface area (Å²) in [6.07, 6.45) is 6.41. The normalized spacial score (nSPS) is 12.1. The van der Waals surface area contributed by atoms with Gasteiger partial charge in [-0.25, -0.2) is 14.2 Å². The zero-order valence-electron chi connectivity index (χ0n) is 18.4. The molecule has 1 unspecified atom stereocenters. The maximum atomic E-state index is 13.3. The van der Waals surface area contributed by atoms with E-state index in [0.29, 0.717) is 24.6 Å². The van der Waals surface area contributed by atoms with Crippen molar-refractivity contribution in [3.8, 4) is 0 Å². The number of hydrogen-bond acceptors (Lipinski definition) is 3. The Morgan fingerprint density at radius 3 is 2.61 bits per heavy atom. The highest BCUT2D eigenvalue weighted by molar-refractivity contribution is 5.87. The second kappa shape index (κ2) is 10.3. The second-order valence-electron chi connectivity index (χ2n) is 8.15. The van der Waals surface area contributed by atoms with Gasteiger partial charge in [-0.05, 0) is 61.9 Å². The standard InChI is InChI=1S/C25H30FN3O2/c1-4-6-17(2)23-15-27-24(29(23)16-19-9-11-21(26)12-10-19)8-5-7-22-14-20(25(30)31)13-18(3)28-22/h9-15,17H,4-8,16H2,1-3H3,(H,30,31). The number of aromatic nitrogens is 3. The first-order chi connectivity index (χ1) is 14.9. The third-order valence-electron chi connectivity index (χ3n) is 5.54. The molecular weight excluding hydrogens is 393 g/mol. The van der Waals surface area contributed by atoms with Crippen molar-refractivity contribution in [3.63, 3.8) is 0 Å². The number of carboxylic acids is 1. The van der Waals surface area contributed by atoms with Gasteiger partial charge in [-0.2, -0.15) is 0 Å². The number of carboxylic acid groups (broad SMARTS) is 1. The number of nitrogens with zero attached hydrogens (tertiary/aromatic N) is 3. The maximum absolute atomic E-state index is 13.3. The van der Waals surface area contributed by atoms with Crippen molar-refractivity contribution < 1.29 is 14.3 Å². The number of imidazole rings is 1. The zero-order valence-corrected chi connectivity index (χ0v) is 18.4. The summed E-state index contributed by atoms with van der Waals surface area (Å²) in [7, 11) is 0. The average molecular weight is 424 g/mol. The molecule has 2 heterocycles. The van der Waals surface area contributed by atoms with E-state index in [4.69, 9.17) is 4.98 Å². The van der Waals surface area contributed by atoms with E-state index in [2.05, 4.69) is 23.4 Å². The second-order valence-corrected chi connectivity index (χ2v) is 8.15. The number of halogens is 1. The predicted molar refractivity (Wildman–Crippen MR) is 119 cm³/mol. The Morgan fingerprint density at radius 1 is 1.19 bits per heavy atom. The fourth-order valence-electron chi connectivity index (χ4n) is 3.97. The van der Waals surface area contributed by atoms with Crippen LogP contribution in [0.4, 0.5) is 4.39 Å². The first-order valence-electron chi connectivity index (χ1n) is 10.9. The Morgan fingerprint density at radius 2 is 1.94 bits per heavy atom. The lowest BCUT2D eigenvalue weighted by Gasteiger charge is -2.17. The molecule has 0 amide bonds. The largest absolute Gasteiger partial charge is 0.478 e. The van der Waals surface area contributed by atoms with Crippen LogP contribution >= 0.6 is 0 Å². The monoisotopic (exact) mass is 423 g/mol. The van der Waals surface area contributed by atoms with Crippen LogP contribution in [0.3, 0.4) is 0 Å². The number of hydrogen-bond donors (Lipinski definition) is 1. The van der Waals surface area contributed by atoms with Gasteiger partial charge in [0.2, 0.25) is 0 Å². The lowest BCUT2D eigenvalue weighted by molar-refractivity contribution is 0.0696. The highest BCUT2D eigenvalue weighted by atomic mass is 19.1. The Labute approximate surface area is 183 Å². The molecule has 0 saturated heterocycles. The van der Waals surface area contributed by atoms with Crippen LogP contribution < -0.4 is 0 Å². The van der Waals surface area contributed by atoms with Gasteiger partial charge in [-0.1, -0.05) is 32.4 Å². The van der Waals surface area contributed by atoms with E-state index in [0.717, 1.165) is 42.8 Å². The molecule has 3 rings (SSSR count). The molecule has 0 fully saturated rings. The van der Waals surface area contributed by atoms with Gasteiger partial charge in [-0.15, -0.1) is 0 Å². The van der Waals surface area contributed by atoms with E-state index in [-0.39, 0.29) is 11.4 Å². The van der Waals surface area contributed by atoms with Gasteiger partial charge < -0.3 is 9.67 Å². The fourth-order valence-corrected chi connectivity index (χ4v) is 3.97. The summed E-state index contributed by atoms with van der Waals surface area (Å²) >= 11 is 0. The van der Waals surface area contributed by atoms with Crippen molar-refractivity contribution in [3.05, 3.63) is 82.4 Å². The van der Waals surface area contributed by atoms with Crippen LogP contribution in [0.2, 0.25) is 0 Å². The van der Waals surface area contributed by atoms with Gasteiger partial charge >= 0.3 is 5.97 Å². The molecule has 1 atom stereocenters. The first-order valence-corrected chi connectivity index (χ1v) is 10.9. The SMILES string of the molecule is CCCC(C)c1cnc(CCCc2cc(C(=O)O)cc(C)n2)n1Cc1ccc(F)cc1. The van der Waals surface area contributed by atoms with Crippen LogP contribution in [0, 0.1) is 12.7 Å². The molecule has 1 aromatic carbocycles. The summed E-state index contributed by atoms with van der Waals surface area (Å²) in [4.78, 5) is 20.5. The average Bonchev–Trinajstić information content (AvgIpc) is 3.12. The molecule has 0 bridgehead atoms. The summed E-state index contributed by atoms with van der Waals surface area (Å²) in [6.45, 7) is 6.87. The highest BCUT2D eigenvalue weighted by Gasteiger charge is 2.16. The van der Waals surface area contributed by atoms with E-state index in [1.807, 2.05) is 25.3 Å². The summed E-state index contributed by atoms with van der Waals surface area (Å²) in [6, 6.07) is 9.85. The van der Waals surface area contributed by atoms with Crippen molar-refractivity contribution in [2.75, 3.05) is 0 Å². The van der Waals surface area contributed by atoms with Gasteiger partial charge in [0, 0.05) is 36.2 Å². The van der Waals surface area contributed by atoms with Gasteiger partial charge in [0.25, 0.3) is 0 Å². The number of rotatable bonds is 10. The third-order valence-corrected chi connectivity index (χ3v) is 5.54. The Hall–Kier alpha value is -3.02. The Bertz CT molecular complexity index is 1030. The Balaban J connectivity index is 1.77. The molecule has 5 nitrogen and oxygen atoms in total. The molecule has 164 valence electrons. The smallest absolute Gasteiger partial charge is 0.335 e. The van der Waals surface area contributed by atoms with Gasteiger partial charge in [0.15, 0.2) is 0 Å². The fraction of sp³-hybridized carbons (Fsp3) is 0.400. The summed E-state index contributed by atoms with van der Waals surface area (Å²) in [5.74, 6) is 0.216. The van der Waals surface area contributed by atoms with Crippen molar-refractivity contribution in [2.24, 2.45) is 0 Å². The number of aromatic carboxylic acids is 1. The van der Waals surface area contributed by atoms with Crippen LogP contribution in [0.1, 0.15) is 77.9 Å². The zero-order chi connectivity index (χ0) is 22.4. The minimum Gasteiger partial charge on any atom is -0.478 e. The predicted octanol–water partition coefficient (Wildman–Crippen LogP) is 5.55. The number of benzene rings is 1. The minimum absolute atomic E-state index is 0.236. The van der Waals surface area contributed by atoms with E-state index >= 15 is 0 Å². The molecule has 31 heavy (non-hydrogen) atoms. The molecule has 6 heteroatoms. The van der Waals surface area contributed by atoms with Crippen LogP contribution in [-0.4, -0.2) is 25.6 Å². The van der Waals surface area contributed by atoms with Crippen molar-refractivity contribution in [1.29, 1.82) is 0 Å². The van der Waals surface area contributed by atoms with Crippen molar-refractivity contribution in [2.45, 2.75) is 65.3 Å². The Kier molecular flexibility index (Phi) is 7.55. The lowest BCUT2D eigenvalue weighted by atomic mass is 10.0. The van der Waals surface area contributed by atoms with Gasteiger partial charge in [0.05, 0.1) is 5.56 Å². The molecule has 3 aromatic rings. The third kappa shape index (κ3) is 6.00. The molecule has 1 N–H and O–H groups in total. The maximum Gasteiger partial charge on any atom is 0.335 e. The molecule has 2 aromatic heterocycles. The van der Waals surface area contributed by atoms with Gasteiger partial charge in [-0.3, -0.25) is 4.98 Å². The van der Waals surface area contributed by atoms with Crippen LogP contribution in [-0.2, 0) is 19.4 Å². The van der Waals surface area contributed by atoms with Crippen LogP contribution in [0.5, 0.6) is 0 Å². The van der Waals surface area contributed by atoms with E-state index in [1.54, 1.807) is 12.1 Å². The van der Waals surface area contributed by atoms with Crippen molar-refractivity contribution in [1.82, 2.24) is 14.5 Å². The molecule has 0 aliphatic rings. The topological polar surface area (TPSA) is 68.0 Å². The first kappa shape index (κ1) is 22.7.